The molecule has 0 spiro atoms. The van der Waals surface area contributed by atoms with Crippen molar-refractivity contribution >= 4 is 38.8 Å². The summed E-state index contributed by atoms with van der Waals surface area (Å²) >= 11 is 4.83. The first-order valence-electron chi connectivity index (χ1n) is 5.71. The van der Waals surface area contributed by atoms with Gasteiger partial charge in [-0.15, -0.1) is 11.3 Å². The van der Waals surface area contributed by atoms with E-state index >= 15 is 0 Å². The Morgan fingerprint density at radius 3 is 3.05 bits per heavy atom. The molecule has 0 aliphatic carbocycles. The van der Waals surface area contributed by atoms with E-state index in [1.807, 2.05) is 5.38 Å². The third kappa shape index (κ3) is 3.30. The summed E-state index contributed by atoms with van der Waals surface area (Å²) in [7, 11) is 0. The number of nitrogens with zero attached hydrogens (tertiary/aromatic N) is 2. The lowest BCUT2D eigenvalue weighted by atomic mass is 10.2. The van der Waals surface area contributed by atoms with Crippen LogP contribution in [0.2, 0.25) is 0 Å². The molecule has 100 valence electrons. The van der Waals surface area contributed by atoms with Gasteiger partial charge in [-0.05, 0) is 39.4 Å². The molecule has 0 fully saturated rings. The van der Waals surface area contributed by atoms with Crippen LogP contribution in [0.1, 0.15) is 17.4 Å². The quantitative estimate of drug-likeness (QED) is 0.659. The van der Waals surface area contributed by atoms with Crippen molar-refractivity contribution < 1.29 is 4.92 Å². The summed E-state index contributed by atoms with van der Waals surface area (Å²) in [5.74, 6) is 0.295. The molecule has 2 aromatic rings. The topological polar surface area (TPSA) is 68.1 Å². The van der Waals surface area contributed by atoms with E-state index in [9.17, 15) is 10.1 Å². The van der Waals surface area contributed by atoms with Gasteiger partial charge in [0.05, 0.1) is 11.5 Å². The molecule has 0 unspecified atom stereocenters. The standard InChI is InChI=1S/C12H12BrN3O2S/c1-2-8-3-4-19-11(8)7-15-12-10(16(17)18)5-9(13)6-14-12/h3-6H,2,7H2,1H3,(H,14,15). The van der Waals surface area contributed by atoms with Crippen LogP contribution < -0.4 is 5.32 Å². The number of thiophene rings is 1. The molecule has 0 radical (unpaired) electrons. The lowest BCUT2D eigenvalue weighted by Gasteiger charge is -2.06. The number of rotatable bonds is 5. The monoisotopic (exact) mass is 341 g/mol. The highest BCUT2D eigenvalue weighted by Gasteiger charge is 2.16. The van der Waals surface area contributed by atoms with Gasteiger partial charge < -0.3 is 5.32 Å². The first-order valence-corrected chi connectivity index (χ1v) is 7.38. The molecule has 2 aromatic heterocycles. The van der Waals surface area contributed by atoms with Crippen LogP contribution in [0.25, 0.3) is 0 Å². The lowest BCUT2D eigenvalue weighted by molar-refractivity contribution is -0.384. The van der Waals surface area contributed by atoms with Gasteiger partial charge in [0.25, 0.3) is 0 Å². The molecule has 0 aliphatic heterocycles. The molecule has 0 aromatic carbocycles. The van der Waals surface area contributed by atoms with Crippen LogP contribution >= 0.6 is 27.3 Å². The number of aromatic nitrogens is 1. The highest BCUT2D eigenvalue weighted by atomic mass is 79.9. The Morgan fingerprint density at radius 1 is 1.58 bits per heavy atom. The number of pyridine rings is 1. The number of nitrogens with one attached hydrogen (secondary N) is 1. The van der Waals surface area contributed by atoms with Gasteiger partial charge >= 0.3 is 5.69 Å². The van der Waals surface area contributed by atoms with Gasteiger partial charge in [-0.25, -0.2) is 4.98 Å². The second-order valence-electron chi connectivity index (χ2n) is 3.85. The molecule has 0 saturated heterocycles. The molecule has 0 bridgehead atoms. The number of halogens is 1. The summed E-state index contributed by atoms with van der Waals surface area (Å²) in [6.45, 7) is 2.64. The normalized spacial score (nSPS) is 10.4. The van der Waals surface area contributed by atoms with Gasteiger partial charge in [-0.3, -0.25) is 10.1 Å². The Kier molecular flexibility index (Phi) is 4.49. The highest BCUT2D eigenvalue weighted by Crippen LogP contribution is 2.26. The van der Waals surface area contributed by atoms with Crippen molar-refractivity contribution in [2.24, 2.45) is 0 Å². The molecular weight excluding hydrogens is 330 g/mol. The molecule has 0 amide bonds. The molecule has 2 rings (SSSR count). The van der Waals surface area contributed by atoms with E-state index in [1.54, 1.807) is 17.5 Å². The van der Waals surface area contributed by atoms with Gasteiger partial charge in [-0.1, -0.05) is 6.92 Å². The number of nitro groups is 1. The zero-order valence-corrected chi connectivity index (χ0v) is 12.6. The SMILES string of the molecule is CCc1ccsc1CNc1ncc(Br)cc1[N+](=O)[O-]. The molecule has 5 nitrogen and oxygen atoms in total. The van der Waals surface area contributed by atoms with Crippen LogP contribution in [0.5, 0.6) is 0 Å². The Hall–Kier alpha value is -1.47. The molecular formula is C12H12BrN3O2S. The fourth-order valence-corrected chi connectivity index (χ4v) is 2.94. The fraction of sp³-hybridized carbons (Fsp3) is 0.250. The van der Waals surface area contributed by atoms with Crippen LogP contribution in [0.15, 0.2) is 28.2 Å². The fourth-order valence-electron chi connectivity index (χ4n) is 1.71. The number of anilines is 1. The minimum atomic E-state index is -0.435. The Balaban J connectivity index is 2.18. The van der Waals surface area contributed by atoms with E-state index in [-0.39, 0.29) is 5.69 Å². The summed E-state index contributed by atoms with van der Waals surface area (Å²) in [4.78, 5) is 15.8. The van der Waals surface area contributed by atoms with Gasteiger partial charge in [0.2, 0.25) is 5.82 Å². The minimum absolute atomic E-state index is 0.0241. The summed E-state index contributed by atoms with van der Waals surface area (Å²) in [6, 6.07) is 3.52. The summed E-state index contributed by atoms with van der Waals surface area (Å²) in [6.07, 6.45) is 2.50. The maximum absolute atomic E-state index is 11.0. The summed E-state index contributed by atoms with van der Waals surface area (Å²) < 4.78 is 0.593. The van der Waals surface area contributed by atoms with Crippen molar-refractivity contribution in [2.75, 3.05) is 5.32 Å². The zero-order chi connectivity index (χ0) is 13.8. The van der Waals surface area contributed by atoms with Crippen molar-refractivity contribution in [2.45, 2.75) is 19.9 Å². The second kappa shape index (κ2) is 6.12. The molecule has 0 saturated carbocycles. The molecule has 1 N–H and O–H groups in total. The first-order chi connectivity index (χ1) is 9.11. The largest absolute Gasteiger partial charge is 0.359 e. The van der Waals surface area contributed by atoms with E-state index in [0.717, 1.165) is 6.42 Å². The van der Waals surface area contributed by atoms with Crippen LogP contribution in [-0.4, -0.2) is 9.91 Å². The molecule has 7 heteroatoms. The Bertz CT molecular complexity index is 600. The van der Waals surface area contributed by atoms with Crippen LogP contribution in [0.4, 0.5) is 11.5 Å². The van der Waals surface area contributed by atoms with Gasteiger partial charge in [-0.2, -0.15) is 0 Å². The predicted molar refractivity (Wildman–Crippen MR) is 79.6 cm³/mol. The lowest BCUT2D eigenvalue weighted by Crippen LogP contribution is -2.04. The highest BCUT2D eigenvalue weighted by molar-refractivity contribution is 9.10. The molecule has 19 heavy (non-hydrogen) atoms. The summed E-state index contributed by atoms with van der Waals surface area (Å²) in [5.41, 5.74) is 1.24. The van der Waals surface area contributed by atoms with Crippen LogP contribution in [0.3, 0.4) is 0 Å². The zero-order valence-electron chi connectivity index (χ0n) is 10.2. The van der Waals surface area contributed by atoms with Gasteiger partial charge in [0.15, 0.2) is 0 Å². The van der Waals surface area contributed by atoms with Crippen molar-refractivity contribution in [1.82, 2.24) is 4.98 Å². The third-order valence-corrected chi connectivity index (χ3v) is 4.06. The smallest absolute Gasteiger partial charge is 0.312 e. The Labute approximate surface area is 123 Å². The van der Waals surface area contributed by atoms with Crippen LogP contribution in [0, 0.1) is 10.1 Å². The average Bonchev–Trinajstić information content (AvgIpc) is 2.84. The first kappa shape index (κ1) is 14.0. The minimum Gasteiger partial charge on any atom is -0.359 e. The van der Waals surface area contributed by atoms with E-state index in [1.165, 1.54) is 16.5 Å². The van der Waals surface area contributed by atoms with Crippen molar-refractivity contribution in [3.05, 3.63) is 48.7 Å². The second-order valence-corrected chi connectivity index (χ2v) is 5.77. The third-order valence-electron chi connectivity index (χ3n) is 2.67. The van der Waals surface area contributed by atoms with Gasteiger partial charge in [0, 0.05) is 21.6 Å². The Morgan fingerprint density at radius 2 is 2.37 bits per heavy atom. The maximum atomic E-state index is 11.0. The van der Waals surface area contributed by atoms with Crippen molar-refractivity contribution in [1.29, 1.82) is 0 Å². The van der Waals surface area contributed by atoms with E-state index in [2.05, 4.69) is 39.2 Å². The molecule has 0 atom stereocenters. The van der Waals surface area contributed by atoms with E-state index in [4.69, 9.17) is 0 Å². The maximum Gasteiger partial charge on any atom is 0.312 e. The number of aryl methyl sites for hydroxylation is 1. The van der Waals surface area contributed by atoms with E-state index < -0.39 is 4.92 Å². The summed E-state index contributed by atoms with van der Waals surface area (Å²) in [5, 5.41) is 16.0. The molecule has 2 heterocycles. The average molecular weight is 342 g/mol. The number of hydrogen-bond donors (Lipinski definition) is 1. The molecule has 0 aliphatic rings. The van der Waals surface area contributed by atoms with Crippen molar-refractivity contribution in [3.63, 3.8) is 0 Å². The van der Waals surface area contributed by atoms with Crippen LogP contribution in [-0.2, 0) is 13.0 Å². The van der Waals surface area contributed by atoms with E-state index in [0.29, 0.717) is 16.8 Å². The van der Waals surface area contributed by atoms with Gasteiger partial charge in [0.1, 0.15) is 0 Å². The predicted octanol–water partition coefficient (Wildman–Crippen LogP) is 3.99. The number of hydrogen-bond acceptors (Lipinski definition) is 5. The van der Waals surface area contributed by atoms with Crippen molar-refractivity contribution in [3.8, 4) is 0 Å².